The van der Waals surface area contributed by atoms with E-state index in [0.29, 0.717) is 0 Å². The molecule has 1 atom stereocenters. The van der Waals surface area contributed by atoms with Crippen LogP contribution in [0.5, 0.6) is 0 Å². The van der Waals surface area contributed by atoms with E-state index >= 15 is 0 Å². The Hall–Kier alpha value is -0.840. The minimum atomic E-state index is 0.285. The van der Waals surface area contributed by atoms with Crippen LogP contribution < -0.4 is 0 Å². The van der Waals surface area contributed by atoms with Crippen LogP contribution in [0.2, 0.25) is 0 Å². The second-order valence-corrected chi connectivity index (χ2v) is 3.70. The fourth-order valence-electron chi connectivity index (χ4n) is 1.69. The molecule has 0 bridgehead atoms. The quantitative estimate of drug-likeness (QED) is 0.561. The molecule has 1 aliphatic rings. The molecule has 1 unspecified atom stereocenters. The first-order chi connectivity index (χ1) is 6.43. The molecule has 2 nitrogen and oxygen atoms in total. The van der Waals surface area contributed by atoms with Gasteiger partial charge in [-0.2, -0.15) is 5.26 Å². The summed E-state index contributed by atoms with van der Waals surface area (Å²) in [4.78, 5) is 4.31. The first kappa shape index (κ1) is 10.2. The van der Waals surface area contributed by atoms with Crippen molar-refractivity contribution in [3.63, 3.8) is 0 Å². The fraction of sp³-hybridized carbons (Fsp3) is 0.818. The van der Waals surface area contributed by atoms with Gasteiger partial charge in [-0.05, 0) is 38.3 Å². The molecule has 0 aliphatic carbocycles. The van der Waals surface area contributed by atoms with Gasteiger partial charge < -0.3 is 0 Å². The van der Waals surface area contributed by atoms with Crippen LogP contribution in [0, 0.1) is 17.2 Å². The van der Waals surface area contributed by atoms with Crippen molar-refractivity contribution in [2.75, 3.05) is 6.54 Å². The lowest BCUT2D eigenvalue weighted by atomic mass is 9.98. The Bertz CT molecular complexity index is 191. The molecule has 1 rings (SSSR count). The van der Waals surface area contributed by atoms with Gasteiger partial charge in [0.25, 0.3) is 0 Å². The van der Waals surface area contributed by atoms with Crippen molar-refractivity contribution in [1.82, 2.24) is 0 Å². The predicted octanol–water partition coefficient (Wildman–Crippen LogP) is 2.94. The molecule has 0 aromatic carbocycles. The largest absolute Gasteiger partial charge is 0.298 e. The van der Waals surface area contributed by atoms with Gasteiger partial charge in [-0.3, -0.25) is 4.99 Å². The molecule has 0 aromatic heterocycles. The van der Waals surface area contributed by atoms with Crippen LogP contribution in [-0.4, -0.2) is 12.8 Å². The smallest absolute Gasteiger partial charge is 0.0655 e. The molecular weight excluding hydrogens is 160 g/mol. The molecule has 0 aromatic rings. The third-order valence-electron chi connectivity index (χ3n) is 2.54. The average Bonchev–Trinajstić information content (AvgIpc) is 2.22. The van der Waals surface area contributed by atoms with Crippen LogP contribution in [-0.2, 0) is 0 Å². The Balaban J connectivity index is 2.31. The van der Waals surface area contributed by atoms with Gasteiger partial charge in [0.2, 0.25) is 0 Å². The summed E-state index contributed by atoms with van der Waals surface area (Å²) in [6.45, 7) is 0.915. The summed E-state index contributed by atoms with van der Waals surface area (Å²) in [6.07, 6.45) is 10.1. The second-order valence-electron chi connectivity index (χ2n) is 3.70. The van der Waals surface area contributed by atoms with Crippen molar-refractivity contribution in [2.45, 2.75) is 44.9 Å². The molecule has 1 aliphatic heterocycles. The summed E-state index contributed by atoms with van der Waals surface area (Å²) in [5, 5.41) is 8.85. The van der Waals surface area contributed by atoms with Crippen molar-refractivity contribution in [1.29, 1.82) is 5.26 Å². The van der Waals surface area contributed by atoms with Crippen LogP contribution in [0.3, 0.4) is 0 Å². The lowest BCUT2D eigenvalue weighted by Crippen LogP contribution is -1.97. The summed E-state index contributed by atoms with van der Waals surface area (Å²) >= 11 is 0. The zero-order valence-corrected chi connectivity index (χ0v) is 8.21. The maximum atomic E-state index is 8.85. The second kappa shape index (κ2) is 6.65. The molecule has 0 fully saturated rings. The monoisotopic (exact) mass is 178 g/mol. The van der Waals surface area contributed by atoms with E-state index in [1.807, 2.05) is 6.21 Å². The molecular formula is C11H18N2. The number of rotatable bonds is 0. The van der Waals surface area contributed by atoms with Crippen LogP contribution in [0.4, 0.5) is 0 Å². The Labute approximate surface area is 80.7 Å². The third-order valence-corrected chi connectivity index (χ3v) is 2.54. The molecule has 13 heavy (non-hydrogen) atoms. The molecule has 0 saturated carbocycles. The van der Waals surface area contributed by atoms with E-state index in [1.54, 1.807) is 0 Å². The highest BCUT2D eigenvalue weighted by atomic mass is 14.7. The molecule has 0 N–H and O–H groups in total. The van der Waals surface area contributed by atoms with Crippen molar-refractivity contribution < 1.29 is 0 Å². The standard InChI is InChI=1S/C11H18N2/c12-10-11-6-3-1-2-4-8-13-9-5-7-11/h8,11H,1-7,9H2. The van der Waals surface area contributed by atoms with Crippen molar-refractivity contribution >= 4 is 6.21 Å². The number of nitrogens with zero attached hydrogens (tertiary/aromatic N) is 2. The van der Waals surface area contributed by atoms with Gasteiger partial charge in [0.1, 0.15) is 0 Å². The minimum absolute atomic E-state index is 0.285. The molecule has 0 amide bonds. The first-order valence-electron chi connectivity index (χ1n) is 5.31. The summed E-state index contributed by atoms with van der Waals surface area (Å²) in [7, 11) is 0. The van der Waals surface area contributed by atoms with E-state index in [1.165, 1.54) is 19.3 Å². The highest BCUT2D eigenvalue weighted by Crippen LogP contribution is 2.15. The van der Waals surface area contributed by atoms with Gasteiger partial charge in [-0.1, -0.05) is 12.8 Å². The van der Waals surface area contributed by atoms with Gasteiger partial charge in [0.05, 0.1) is 6.07 Å². The third kappa shape index (κ3) is 4.67. The lowest BCUT2D eigenvalue weighted by Gasteiger charge is -2.06. The topological polar surface area (TPSA) is 36.1 Å². The first-order valence-corrected chi connectivity index (χ1v) is 5.31. The number of nitriles is 1. The molecule has 2 heteroatoms. The average molecular weight is 178 g/mol. The number of hydrogen-bond acceptors (Lipinski definition) is 2. The molecule has 1 heterocycles. The van der Waals surface area contributed by atoms with Crippen molar-refractivity contribution in [2.24, 2.45) is 10.9 Å². The summed E-state index contributed by atoms with van der Waals surface area (Å²) < 4.78 is 0. The van der Waals surface area contributed by atoms with E-state index in [0.717, 1.165) is 32.2 Å². The number of aliphatic imine (C=N–C) groups is 1. The Morgan fingerprint density at radius 1 is 1.15 bits per heavy atom. The van der Waals surface area contributed by atoms with E-state index in [9.17, 15) is 0 Å². The van der Waals surface area contributed by atoms with Crippen molar-refractivity contribution in [3.05, 3.63) is 0 Å². The summed E-state index contributed by atoms with van der Waals surface area (Å²) in [5.41, 5.74) is 0. The normalized spacial score (nSPS) is 25.9. The Kier molecular flexibility index (Phi) is 5.24. The molecule has 72 valence electrons. The maximum Gasteiger partial charge on any atom is 0.0655 e. The Morgan fingerprint density at radius 2 is 2.00 bits per heavy atom. The van der Waals surface area contributed by atoms with Crippen LogP contribution in [0.25, 0.3) is 0 Å². The minimum Gasteiger partial charge on any atom is -0.298 e. The molecule has 0 radical (unpaired) electrons. The SMILES string of the molecule is N#CC1CCCCCC=NCCC1. The predicted molar refractivity (Wildman–Crippen MR) is 54.8 cm³/mol. The van der Waals surface area contributed by atoms with Gasteiger partial charge in [0, 0.05) is 12.5 Å². The number of hydrogen-bond donors (Lipinski definition) is 0. The van der Waals surface area contributed by atoms with Crippen molar-refractivity contribution in [3.8, 4) is 6.07 Å². The van der Waals surface area contributed by atoms with Gasteiger partial charge >= 0.3 is 0 Å². The zero-order valence-electron chi connectivity index (χ0n) is 8.21. The summed E-state index contributed by atoms with van der Waals surface area (Å²) in [5.74, 6) is 0.285. The van der Waals surface area contributed by atoms with Gasteiger partial charge in [-0.25, -0.2) is 0 Å². The summed E-state index contributed by atoms with van der Waals surface area (Å²) in [6, 6.07) is 2.39. The van der Waals surface area contributed by atoms with E-state index in [2.05, 4.69) is 11.1 Å². The molecule has 0 spiro atoms. The van der Waals surface area contributed by atoms with E-state index < -0.39 is 0 Å². The van der Waals surface area contributed by atoms with Crippen LogP contribution in [0.15, 0.2) is 4.99 Å². The fourth-order valence-corrected chi connectivity index (χ4v) is 1.69. The Morgan fingerprint density at radius 3 is 2.85 bits per heavy atom. The lowest BCUT2D eigenvalue weighted by molar-refractivity contribution is 0.505. The van der Waals surface area contributed by atoms with Crippen LogP contribution >= 0.6 is 0 Å². The zero-order chi connectivity index (χ0) is 9.36. The van der Waals surface area contributed by atoms with E-state index in [4.69, 9.17) is 5.26 Å². The highest BCUT2D eigenvalue weighted by molar-refractivity contribution is 5.56. The van der Waals surface area contributed by atoms with Gasteiger partial charge in [0.15, 0.2) is 0 Å². The van der Waals surface area contributed by atoms with Gasteiger partial charge in [-0.15, -0.1) is 0 Å². The van der Waals surface area contributed by atoms with E-state index in [-0.39, 0.29) is 5.92 Å². The van der Waals surface area contributed by atoms with Crippen LogP contribution in [0.1, 0.15) is 44.9 Å². The molecule has 0 saturated heterocycles. The maximum absolute atomic E-state index is 8.85. The highest BCUT2D eigenvalue weighted by Gasteiger charge is 2.06.